The van der Waals surface area contributed by atoms with E-state index in [1.54, 1.807) is 0 Å². The van der Waals surface area contributed by atoms with Crippen molar-refractivity contribution in [2.45, 2.75) is 26.7 Å². The van der Waals surface area contributed by atoms with E-state index in [2.05, 4.69) is 236 Å². The molecular formula is C66H45BN2. The van der Waals surface area contributed by atoms with E-state index in [4.69, 9.17) is 0 Å². The van der Waals surface area contributed by atoms with Crippen LogP contribution in [0.3, 0.4) is 0 Å². The Morgan fingerprint density at radius 3 is 0.942 bits per heavy atom. The van der Waals surface area contributed by atoms with E-state index in [1.165, 1.54) is 148 Å². The van der Waals surface area contributed by atoms with Gasteiger partial charge in [-0.05, 0) is 152 Å². The maximum Gasteiger partial charge on any atom is 0.252 e. The van der Waals surface area contributed by atoms with E-state index in [0.717, 1.165) is 12.8 Å². The van der Waals surface area contributed by atoms with Gasteiger partial charge in [0, 0.05) is 44.9 Å². The summed E-state index contributed by atoms with van der Waals surface area (Å²) in [5.74, 6) is 0. The number of aryl methyl sites for hydroxylation is 2. The molecule has 0 atom stereocenters. The van der Waals surface area contributed by atoms with Crippen LogP contribution in [0.4, 0.5) is 34.1 Å². The SMILES string of the molecule is CCc1cc2c(c3ccccc13)N(c1ccc3c4ccccc4c4ccccc4c3c1)c1cccc3c1B2c1cc(CC)c2ccccc2c1N3c1ccc2c3ccccc3c3ccccc3c2c1. The molecule has 0 aliphatic carbocycles. The summed E-state index contributed by atoms with van der Waals surface area (Å²) < 4.78 is 0. The first-order chi connectivity index (χ1) is 34.2. The molecule has 13 aromatic rings. The largest absolute Gasteiger partial charge is 0.311 e. The molecular weight excluding hydrogens is 832 g/mol. The Hall–Kier alpha value is -8.40. The topological polar surface area (TPSA) is 6.48 Å². The average Bonchev–Trinajstić information content (AvgIpc) is 3.42. The molecule has 0 radical (unpaired) electrons. The fourth-order valence-electron chi connectivity index (χ4n) is 13.0. The van der Waals surface area contributed by atoms with Crippen molar-refractivity contribution >= 4 is 143 Å². The molecule has 0 amide bonds. The van der Waals surface area contributed by atoms with E-state index in [0.29, 0.717) is 0 Å². The summed E-state index contributed by atoms with van der Waals surface area (Å²) in [6, 6.07) is 80.8. The van der Waals surface area contributed by atoms with Crippen molar-refractivity contribution in [1.82, 2.24) is 0 Å². The fourth-order valence-corrected chi connectivity index (χ4v) is 13.0. The monoisotopic (exact) mass is 876 g/mol. The lowest BCUT2D eigenvalue weighted by Gasteiger charge is -2.45. The van der Waals surface area contributed by atoms with Gasteiger partial charge in [-0.2, -0.15) is 0 Å². The molecule has 0 spiro atoms. The van der Waals surface area contributed by atoms with E-state index < -0.39 is 0 Å². The van der Waals surface area contributed by atoms with E-state index in [1.807, 2.05) is 0 Å². The molecule has 2 aliphatic rings. The quantitative estimate of drug-likeness (QED) is 0.128. The van der Waals surface area contributed by atoms with Gasteiger partial charge in [0.15, 0.2) is 0 Å². The Balaban J connectivity index is 1.08. The van der Waals surface area contributed by atoms with Gasteiger partial charge in [-0.25, -0.2) is 0 Å². The Kier molecular flexibility index (Phi) is 8.16. The number of rotatable bonds is 4. The number of benzene rings is 13. The third-order valence-corrected chi connectivity index (χ3v) is 15.9. The molecule has 13 aromatic carbocycles. The van der Waals surface area contributed by atoms with Crippen molar-refractivity contribution in [2.24, 2.45) is 0 Å². The summed E-state index contributed by atoms with van der Waals surface area (Å²) in [6.45, 7) is 4.63. The molecule has 3 heteroatoms. The minimum Gasteiger partial charge on any atom is -0.311 e. The second-order valence-corrected chi connectivity index (χ2v) is 19.2. The molecule has 15 rings (SSSR count). The average molecular weight is 877 g/mol. The molecule has 0 saturated carbocycles. The van der Waals surface area contributed by atoms with Crippen LogP contribution in [0.1, 0.15) is 25.0 Å². The lowest BCUT2D eigenvalue weighted by atomic mass is 9.33. The Bertz CT molecular complexity index is 4030. The van der Waals surface area contributed by atoms with Crippen LogP contribution in [0.15, 0.2) is 212 Å². The van der Waals surface area contributed by atoms with Crippen molar-refractivity contribution in [3.05, 3.63) is 223 Å². The zero-order chi connectivity index (χ0) is 45.5. The number of hydrogen-bond acceptors (Lipinski definition) is 2. The molecule has 0 aromatic heterocycles. The van der Waals surface area contributed by atoms with Gasteiger partial charge >= 0.3 is 0 Å². The summed E-state index contributed by atoms with van der Waals surface area (Å²) in [5, 5.41) is 20.6. The summed E-state index contributed by atoms with van der Waals surface area (Å²) in [5.41, 5.74) is 14.2. The smallest absolute Gasteiger partial charge is 0.252 e. The summed E-state index contributed by atoms with van der Waals surface area (Å²) >= 11 is 0. The predicted octanol–water partition coefficient (Wildman–Crippen LogP) is 16.1. The first kappa shape index (κ1) is 38.7. The van der Waals surface area contributed by atoms with Crippen LogP contribution in [0.2, 0.25) is 0 Å². The van der Waals surface area contributed by atoms with Gasteiger partial charge in [-0.1, -0.05) is 190 Å². The molecule has 0 saturated heterocycles. The maximum atomic E-state index is 2.63. The molecule has 0 bridgehead atoms. The summed E-state index contributed by atoms with van der Waals surface area (Å²) in [6.07, 6.45) is 1.89. The second-order valence-electron chi connectivity index (χ2n) is 19.2. The zero-order valence-corrected chi connectivity index (χ0v) is 38.6. The minimum atomic E-state index is -0.00558. The van der Waals surface area contributed by atoms with Gasteiger partial charge in [0.25, 0.3) is 6.71 Å². The van der Waals surface area contributed by atoms with Gasteiger partial charge < -0.3 is 9.80 Å². The standard InChI is InChI=1S/C66H45BN2/c1-3-40-36-60-65(56-28-15-5-18-44(40)56)68(42-32-34-54-50-24-9-7-20-46(50)48-22-11-13-26-52(48)58(54)38-42)62-30-17-31-63-64(62)67(60)61-37-41(4-2)45-19-6-16-29-57(45)66(61)69(63)43-33-35-55-51-25-10-8-21-47(51)49-23-12-14-27-53(49)59(55)39-43/h5-39H,3-4H2,1-2H3. The molecule has 0 fully saturated rings. The van der Waals surface area contributed by atoms with Gasteiger partial charge in [0.2, 0.25) is 0 Å². The van der Waals surface area contributed by atoms with Gasteiger partial charge in [-0.15, -0.1) is 0 Å². The molecule has 2 heterocycles. The lowest BCUT2D eigenvalue weighted by molar-refractivity contribution is 1.16. The van der Waals surface area contributed by atoms with Crippen molar-refractivity contribution in [1.29, 1.82) is 0 Å². The van der Waals surface area contributed by atoms with Crippen LogP contribution < -0.4 is 26.2 Å². The normalized spacial score (nSPS) is 13.1. The van der Waals surface area contributed by atoms with Gasteiger partial charge in [0.1, 0.15) is 0 Å². The summed E-state index contributed by atoms with van der Waals surface area (Å²) in [7, 11) is 0. The summed E-state index contributed by atoms with van der Waals surface area (Å²) in [4.78, 5) is 5.25. The number of nitrogens with zero attached hydrogens (tertiary/aromatic N) is 2. The van der Waals surface area contributed by atoms with E-state index >= 15 is 0 Å². The second kappa shape index (κ2) is 14.6. The molecule has 69 heavy (non-hydrogen) atoms. The Morgan fingerprint density at radius 1 is 0.290 bits per heavy atom. The fraction of sp³-hybridized carbons (Fsp3) is 0.0606. The third-order valence-electron chi connectivity index (χ3n) is 15.9. The highest BCUT2D eigenvalue weighted by molar-refractivity contribution is 7.01. The van der Waals surface area contributed by atoms with Crippen molar-refractivity contribution in [3.63, 3.8) is 0 Å². The Labute approximate surface area is 401 Å². The number of hydrogen-bond donors (Lipinski definition) is 0. The highest BCUT2D eigenvalue weighted by Crippen LogP contribution is 2.50. The highest BCUT2D eigenvalue weighted by Gasteiger charge is 2.45. The molecule has 2 nitrogen and oxygen atoms in total. The van der Waals surface area contributed by atoms with Crippen LogP contribution >= 0.6 is 0 Å². The van der Waals surface area contributed by atoms with Crippen molar-refractivity contribution in [2.75, 3.05) is 9.80 Å². The lowest BCUT2D eigenvalue weighted by Crippen LogP contribution is -2.61. The first-order valence-electron chi connectivity index (χ1n) is 24.7. The molecule has 0 N–H and O–H groups in total. The van der Waals surface area contributed by atoms with E-state index in [9.17, 15) is 0 Å². The highest BCUT2D eigenvalue weighted by atomic mass is 15.2. The number of fused-ring (bicyclic) bond motifs is 20. The molecule has 322 valence electrons. The maximum absolute atomic E-state index is 2.63. The van der Waals surface area contributed by atoms with Crippen LogP contribution in [0.5, 0.6) is 0 Å². The van der Waals surface area contributed by atoms with Gasteiger partial charge in [0.05, 0.1) is 0 Å². The van der Waals surface area contributed by atoms with Crippen molar-refractivity contribution in [3.8, 4) is 0 Å². The minimum absolute atomic E-state index is 0.00558. The number of anilines is 6. The molecule has 2 aliphatic heterocycles. The predicted molar refractivity (Wildman–Crippen MR) is 299 cm³/mol. The van der Waals surface area contributed by atoms with Crippen LogP contribution in [-0.4, -0.2) is 6.71 Å². The van der Waals surface area contributed by atoms with Crippen LogP contribution in [-0.2, 0) is 12.8 Å². The van der Waals surface area contributed by atoms with Gasteiger partial charge in [-0.3, -0.25) is 0 Å². The van der Waals surface area contributed by atoms with Crippen LogP contribution in [0, 0.1) is 0 Å². The third kappa shape index (κ3) is 5.28. The van der Waals surface area contributed by atoms with Crippen molar-refractivity contribution < 1.29 is 0 Å². The first-order valence-corrected chi connectivity index (χ1v) is 24.7. The molecule has 0 unspecified atom stereocenters. The zero-order valence-electron chi connectivity index (χ0n) is 38.6. The van der Waals surface area contributed by atoms with E-state index in [-0.39, 0.29) is 6.71 Å². The van der Waals surface area contributed by atoms with Crippen LogP contribution in [0.25, 0.3) is 86.2 Å². The Morgan fingerprint density at radius 2 is 0.594 bits per heavy atom.